The molecule has 0 saturated heterocycles. The van der Waals surface area contributed by atoms with Crippen LogP contribution in [-0.2, 0) is 4.79 Å². The molecule has 0 aliphatic heterocycles. The minimum atomic E-state index is -0.905. The average molecular weight is 454 g/mol. The third kappa shape index (κ3) is 4.61. The highest BCUT2D eigenvalue weighted by Gasteiger charge is 2.12. The minimum absolute atomic E-state index is 0.0856. The van der Waals surface area contributed by atoms with Gasteiger partial charge in [0.1, 0.15) is 5.82 Å². The fraction of sp³-hybridized carbons (Fsp3) is 0.0800. The molecule has 5 aromatic rings. The number of aromatic amines is 1. The molecule has 0 unspecified atom stereocenters. The second kappa shape index (κ2) is 8.84. The second-order valence-corrected chi connectivity index (χ2v) is 8.51. The van der Waals surface area contributed by atoms with Crippen LogP contribution in [0.15, 0.2) is 78.2 Å². The van der Waals surface area contributed by atoms with Crippen molar-refractivity contribution in [1.82, 2.24) is 25.1 Å². The zero-order valence-corrected chi connectivity index (χ0v) is 18.5. The SMILES string of the molecule is Cc1ncc(-c2cc(-c3ccc4ccccc4c3)cc(-c3nnc(SCC(=O)O)[nH]3)c2)cn1. The lowest BCUT2D eigenvalue weighted by Gasteiger charge is -2.10. The van der Waals surface area contributed by atoms with Gasteiger partial charge in [-0.1, -0.05) is 48.2 Å². The number of nitrogens with one attached hydrogen (secondary N) is 1. The molecule has 0 radical (unpaired) electrons. The highest BCUT2D eigenvalue weighted by atomic mass is 32.2. The Morgan fingerprint density at radius 1 is 0.848 bits per heavy atom. The highest BCUT2D eigenvalue weighted by molar-refractivity contribution is 7.99. The first-order valence-corrected chi connectivity index (χ1v) is 11.2. The molecule has 0 bridgehead atoms. The van der Waals surface area contributed by atoms with Crippen molar-refractivity contribution in [2.45, 2.75) is 12.1 Å². The molecule has 0 atom stereocenters. The van der Waals surface area contributed by atoms with Crippen LogP contribution in [0.4, 0.5) is 0 Å². The topological polar surface area (TPSA) is 105 Å². The van der Waals surface area contributed by atoms with Gasteiger partial charge in [0.15, 0.2) is 11.0 Å². The number of rotatable bonds is 6. The standard InChI is InChI=1S/C25H19N5O2S/c1-15-26-12-22(13-27-15)20-9-19(18-7-6-16-4-2-3-5-17(16)8-18)10-21(11-20)24-28-25(30-29-24)33-14-23(31)32/h2-13H,14H2,1H3,(H,31,32)(H,28,29,30). The van der Waals surface area contributed by atoms with E-state index in [9.17, 15) is 4.79 Å². The molecule has 2 N–H and O–H groups in total. The first-order chi connectivity index (χ1) is 16.0. The van der Waals surface area contributed by atoms with E-state index >= 15 is 0 Å². The van der Waals surface area contributed by atoms with Gasteiger partial charge in [-0.15, -0.1) is 10.2 Å². The largest absolute Gasteiger partial charge is 0.481 e. The van der Waals surface area contributed by atoms with Crippen molar-refractivity contribution in [3.63, 3.8) is 0 Å². The number of benzene rings is 3. The third-order valence-electron chi connectivity index (χ3n) is 5.20. The van der Waals surface area contributed by atoms with Crippen LogP contribution >= 0.6 is 11.8 Å². The summed E-state index contributed by atoms with van der Waals surface area (Å²) in [6.07, 6.45) is 3.61. The Morgan fingerprint density at radius 2 is 1.55 bits per heavy atom. The van der Waals surface area contributed by atoms with Crippen molar-refractivity contribution < 1.29 is 9.90 Å². The number of carboxylic acids is 1. The Labute approximate surface area is 194 Å². The number of carboxylic acid groups (broad SMARTS) is 1. The number of aromatic nitrogens is 5. The molecule has 0 aliphatic carbocycles. The maximum absolute atomic E-state index is 10.9. The van der Waals surface area contributed by atoms with E-state index in [4.69, 9.17) is 5.11 Å². The van der Waals surface area contributed by atoms with Crippen LogP contribution < -0.4 is 0 Å². The summed E-state index contributed by atoms with van der Waals surface area (Å²) in [6, 6.07) is 20.8. The van der Waals surface area contributed by atoms with Crippen LogP contribution in [0.2, 0.25) is 0 Å². The van der Waals surface area contributed by atoms with Crippen LogP contribution in [-0.4, -0.2) is 42.0 Å². The molecule has 7 nitrogen and oxygen atoms in total. The summed E-state index contributed by atoms with van der Waals surface area (Å²) in [7, 11) is 0. The fourth-order valence-corrected chi connectivity index (χ4v) is 4.11. The van der Waals surface area contributed by atoms with Crippen molar-refractivity contribution in [3.05, 3.63) is 78.9 Å². The van der Waals surface area contributed by atoms with Crippen LogP contribution in [0, 0.1) is 6.92 Å². The van der Waals surface area contributed by atoms with Gasteiger partial charge in [-0.2, -0.15) is 0 Å². The van der Waals surface area contributed by atoms with E-state index in [0.717, 1.165) is 45.0 Å². The molecule has 2 aromatic heterocycles. The van der Waals surface area contributed by atoms with Crippen molar-refractivity contribution in [2.75, 3.05) is 5.75 Å². The summed E-state index contributed by atoms with van der Waals surface area (Å²) in [5, 5.41) is 20.1. The zero-order valence-electron chi connectivity index (χ0n) is 17.7. The zero-order chi connectivity index (χ0) is 22.8. The van der Waals surface area contributed by atoms with E-state index in [-0.39, 0.29) is 5.75 Å². The number of hydrogen-bond acceptors (Lipinski definition) is 6. The van der Waals surface area contributed by atoms with E-state index < -0.39 is 5.97 Å². The number of fused-ring (bicyclic) bond motifs is 1. The Bertz CT molecular complexity index is 1460. The smallest absolute Gasteiger partial charge is 0.313 e. The summed E-state index contributed by atoms with van der Waals surface area (Å²) in [6.45, 7) is 1.85. The number of aryl methyl sites for hydroxylation is 1. The Hall–Kier alpha value is -4.04. The van der Waals surface area contributed by atoms with Crippen molar-refractivity contribution in [2.24, 2.45) is 0 Å². The van der Waals surface area contributed by atoms with Gasteiger partial charge in [-0.05, 0) is 58.7 Å². The monoisotopic (exact) mass is 453 g/mol. The molecule has 0 saturated carbocycles. The quantitative estimate of drug-likeness (QED) is 0.339. The van der Waals surface area contributed by atoms with Gasteiger partial charge in [0, 0.05) is 23.5 Å². The molecule has 33 heavy (non-hydrogen) atoms. The number of hydrogen-bond donors (Lipinski definition) is 2. The lowest BCUT2D eigenvalue weighted by molar-refractivity contribution is -0.133. The molecule has 3 aromatic carbocycles. The molecular weight excluding hydrogens is 434 g/mol. The Morgan fingerprint density at radius 3 is 2.30 bits per heavy atom. The number of carbonyl (C=O) groups is 1. The van der Waals surface area contributed by atoms with Crippen LogP contribution in [0.1, 0.15) is 5.82 Å². The second-order valence-electron chi connectivity index (χ2n) is 7.54. The lowest BCUT2D eigenvalue weighted by Crippen LogP contribution is -1.97. The minimum Gasteiger partial charge on any atom is -0.481 e. The summed E-state index contributed by atoms with van der Waals surface area (Å²) in [5.41, 5.74) is 4.77. The van der Waals surface area contributed by atoms with E-state index in [1.165, 1.54) is 5.39 Å². The summed E-state index contributed by atoms with van der Waals surface area (Å²) < 4.78 is 0. The molecule has 0 spiro atoms. The van der Waals surface area contributed by atoms with Gasteiger partial charge < -0.3 is 10.1 Å². The molecule has 0 amide bonds. The summed E-state index contributed by atoms with van der Waals surface area (Å²) >= 11 is 1.10. The van der Waals surface area contributed by atoms with Gasteiger partial charge >= 0.3 is 5.97 Å². The van der Waals surface area contributed by atoms with E-state index in [0.29, 0.717) is 16.8 Å². The van der Waals surface area contributed by atoms with E-state index in [1.54, 1.807) is 12.4 Å². The van der Waals surface area contributed by atoms with Gasteiger partial charge in [-0.3, -0.25) is 4.79 Å². The molecule has 0 fully saturated rings. The van der Waals surface area contributed by atoms with Gasteiger partial charge in [0.2, 0.25) is 0 Å². The van der Waals surface area contributed by atoms with Crippen LogP contribution in [0.5, 0.6) is 0 Å². The summed E-state index contributed by atoms with van der Waals surface area (Å²) in [5.74, 6) is 0.287. The predicted octanol–water partition coefficient (Wildman–Crippen LogP) is 5.23. The van der Waals surface area contributed by atoms with Crippen molar-refractivity contribution in [1.29, 1.82) is 0 Å². The van der Waals surface area contributed by atoms with Crippen molar-refractivity contribution >= 4 is 28.5 Å². The molecule has 162 valence electrons. The Balaban J connectivity index is 1.61. The highest BCUT2D eigenvalue weighted by Crippen LogP contribution is 2.33. The molecule has 2 heterocycles. The first kappa shape index (κ1) is 20.8. The van der Waals surface area contributed by atoms with E-state index in [1.807, 2.05) is 25.1 Å². The molecule has 8 heteroatoms. The number of nitrogens with zero attached hydrogens (tertiary/aromatic N) is 4. The lowest BCUT2D eigenvalue weighted by atomic mass is 9.95. The number of thioether (sulfide) groups is 1. The molecule has 5 rings (SSSR count). The number of aliphatic carboxylic acids is 1. The average Bonchev–Trinajstić information content (AvgIpc) is 3.32. The van der Waals surface area contributed by atoms with Crippen LogP contribution in [0.3, 0.4) is 0 Å². The normalized spacial score (nSPS) is 11.1. The third-order valence-corrected chi connectivity index (χ3v) is 6.05. The fourth-order valence-electron chi connectivity index (χ4n) is 3.58. The number of H-pyrrole nitrogens is 1. The van der Waals surface area contributed by atoms with Gasteiger partial charge in [0.05, 0.1) is 5.75 Å². The molecule has 0 aliphatic rings. The van der Waals surface area contributed by atoms with E-state index in [2.05, 4.69) is 67.6 Å². The van der Waals surface area contributed by atoms with Gasteiger partial charge in [0.25, 0.3) is 0 Å². The Kier molecular flexibility index (Phi) is 5.58. The maximum atomic E-state index is 10.9. The van der Waals surface area contributed by atoms with Crippen LogP contribution in [0.25, 0.3) is 44.4 Å². The maximum Gasteiger partial charge on any atom is 0.313 e. The predicted molar refractivity (Wildman–Crippen MR) is 129 cm³/mol. The molecular formula is C25H19N5O2S. The first-order valence-electron chi connectivity index (χ1n) is 10.3. The van der Waals surface area contributed by atoms with Crippen molar-refractivity contribution in [3.8, 4) is 33.6 Å². The van der Waals surface area contributed by atoms with Gasteiger partial charge in [-0.25, -0.2) is 9.97 Å². The summed E-state index contributed by atoms with van der Waals surface area (Å²) in [4.78, 5) is 22.7.